The molecule has 2 rings (SSSR count). The van der Waals surface area contributed by atoms with E-state index in [0.29, 0.717) is 5.41 Å². The second kappa shape index (κ2) is 13.9. The minimum Gasteiger partial charge on any atom is -0.143 e. The zero-order chi connectivity index (χ0) is 21.0. The number of fused-ring (bicyclic) bond motifs is 1. The Labute approximate surface area is 189 Å². The minimum atomic E-state index is 0.447. The lowest BCUT2D eigenvalue weighted by molar-refractivity contribution is 0.315. The molecule has 0 nitrogen and oxygen atoms in total. The van der Waals surface area contributed by atoms with Crippen LogP contribution in [0.25, 0.3) is 9.40 Å². The highest BCUT2D eigenvalue weighted by Crippen LogP contribution is 2.47. The summed E-state index contributed by atoms with van der Waals surface area (Å²) in [6, 6.07) is 2.61. The molecule has 2 aromatic heterocycles. The molecule has 0 aliphatic heterocycles. The summed E-state index contributed by atoms with van der Waals surface area (Å²) in [5, 5.41) is 2.46. The smallest absolute Gasteiger partial charge is 0.0485 e. The van der Waals surface area contributed by atoms with Gasteiger partial charge in [0, 0.05) is 19.7 Å². The standard InChI is InChI=1S/C27H46S2/c1-5-9-13-14-15-16-17-23-22-28-24-21-25(29-26(23)24)27(18-10-6-2,19-11-7-3)20-12-8-4/h21-22H,5-20H2,1-4H3. The van der Waals surface area contributed by atoms with Gasteiger partial charge in [-0.3, -0.25) is 0 Å². The van der Waals surface area contributed by atoms with Gasteiger partial charge in [-0.1, -0.05) is 98.3 Å². The van der Waals surface area contributed by atoms with E-state index in [9.17, 15) is 0 Å². The predicted octanol–water partition coefficient (Wildman–Crippen LogP) is 10.7. The molecule has 0 aliphatic carbocycles. The lowest BCUT2D eigenvalue weighted by Crippen LogP contribution is -2.25. The van der Waals surface area contributed by atoms with Crippen molar-refractivity contribution in [3.63, 3.8) is 0 Å². The lowest BCUT2D eigenvalue weighted by Gasteiger charge is -2.33. The van der Waals surface area contributed by atoms with E-state index in [1.807, 2.05) is 11.3 Å². The monoisotopic (exact) mass is 434 g/mol. The third kappa shape index (κ3) is 7.39. The molecular formula is C27H46S2. The van der Waals surface area contributed by atoms with Gasteiger partial charge in [-0.15, -0.1) is 22.7 Å². The zero-order valence-corrected chi connectivity index (χ0v) is 21.4. The maximum absolute atomic E-state index is 2.61. The molecule has 2 aromatic rings. The Kier molecular flexibility index (Phi) is 11.9. The van der Waals surface area contributed by atoms with Crippen molar-refractivity contribution >= 4 is 32.1 Å². The number of aryl methyl sites for hydroxylation is 1. The van der Waals surface area contributed by atoms with E-state index in [1.54, 1.807) is 19.8 Å². The van der Waals surface area contributed by atoms with Gasteiger partial charge in [0.25, 0.3) is 0 Å². The van der Waals surface area contributed by atoms with Crippen LogP contribution in [-0.4, -0.2) is 0 Å². The van der Waals surface area contributed by atoms with Crippen LogP contribution in [0.15, 0.2) is 11.4 Å². The Hall–Kier alpha value is -0.340. The van der Waals surface area contributed by atoms with Crippen LogP contribution >= 0.6 is 22.7 Å². The maximum atomic E-state index is 2.61. The molecule has 0 fully saturated rings. The molecule has 166 valence electrons. The van der Waals surface area contributed by atoms with Crippen molar-refractivity contribution in [3.05, 3.63) is 21.9 Å². The first-order valence-corrected chi connectivity index (χ1v) is 14.4. The molecule has 0 radical (unpaired) electrons. The molecular weight excluding hydrogens is 388 g/mol. The summed E-state index contributed by atoms with van der Waals surface area (Å²) in [5.74, 6) is 0. The van der Waals surface area contributed by atoms with E-state index in [2.05, 4.69) is 50.5 Å². The highest BCUT2D eigenvalue weighted by atomic mass is 32.1. The number of hydrogen-bond acceptors (Lipinski definition) is 2. The fourth-order valence-electron chi connectivity index (χ4n) is 4.69. The van der Waals surface area contributed by atoms with E-state index in [0.717, 1.165) is 0 Å². The molecule has 2 heteroatoms. The lowest BCUT2D eigenvalue weighted by atomic mass is 9.73. The largest absolute Gasteiger partial charge is 0.143 e. The van der Waals surface area contributed by atoms with E-state index in [1.165, 1.54) is 103 Å². The number of unbranched alkanes of at least 4 members (excludes halogenated alkanes) is 8. The molecule has 0 N–H and O–H groups in total. The van der Waals surface area contributed by atoms with E-state index >= 15 is 0 Å². The van der Waals surface area contributed by atoms with Crippen molar-refractivity contribution in [1.29, 1.82) is 0 Å². The second-order valence-corrected chi connectivity index (χ2v) is 11.1. The predicted molar refractivity (Wildman–Crippen MR) is 137 cm³/mol. The van der Waals surface area contributed by atoms with Crippen molar-refractivity contribution in [2.75, 3.05) is 0 Å². The molecule has 0 bridgehead atoms. The van der Waals surface area contributed by atoms with Gasteiger partial charge < -0.3 is 0 Å². The molecule has 0 atom stereocenters. The van der Waals surface area contributed by atoms with Crippen molar-refractivity contribution < 1.29 is 0 Å². The van der Waals surface area contributed by atoms with Crippen molar-refractivity contribution in [2.45, 2.75) is 136 Å². The Morgan fingerprint density at radius 3 is 1.83 bits per heavy atom. The van der Waals surface area contributed by atoms with Gasteiger partial charge in [-0.05, 0) is 49.1 Å². The normalized spacial score (nSPS) is 12.3. The SMILES string of the molecule is CCCCCCCCc1csc2cc(C(CCCC)(CCCC)CCCC)sc12. The van der Waals surface area contributed by atoms with E-state index in [4.69, 9.17) is 0 Å². The van der Waals surface area contributed by atoms with Gasteiger partial charge >= 0.3 is 0 Å². The van der Waals surface area contributed by atoms with Crippen LogP contribution in [0, 0.1) is 0 Å². The van der Waals surface area contributed by atoms with Crippen LogP contribution in [0.2, 0.25) is 0 Å². The first kappa shape index (κ1) is 24.9. The fraction of sp³-hybridized carbons (Fsp3) is 0.778. The molecule has 0 spiro atoms. The van der Waals surface area contributed by atoms with Gasteiger partial charge in [-0.2, -0.15) is 0 Å². The van der Waals surface area contributed by atoms with Gasteiger partial charge in [0.1, 0.15) is 0 Å². The number of rotatable bonds is 17. The zero-order valence-electron chi connectivity index (χ0n) is 19.8. The van der Waals surface area contributed by atoms with Crippen LogP contribution in [0.5, 0.6) is 0 Å². The third-order valence-electron chi connectivity index (χ3n) is 6.67. The van der Waals surface area contributed by atoms with Crippen LogP contribution in [-0.2, 0) is 11.8 Å². The van der Waals surface area contributed by atoms with Crippen LogP contribution in [0.1, 0.15) is 134 Å². The van der Waals surface area contributed by atoms with Gasteiger partial charge in [0.05, 0.1) is 0 Å². The summed E-state index contributed by atoms with van der Waals surface area (Å²) in [5.41, 5.74) is 2.09. The number of hydrogen-bond donors (Lipinski definition) is 0. The molecule has 0 amide bonds. The summed E-state index contributed by atoms with van der Waals surface area (Å²) >= 11 is 4.18. The number of thiophene rings is 2. The summed E-state index contributed by atoms with van der Waals surface area (Å²) in [6.45, 7) is 9.38. The minimum absolute atomic E-state index is 0.447. The van der Waals surface area contributed by atoms with E-state index < -0.39 is 0 Å². The first-order valence-electron chi connectivity index (χ1n) is 12.7. The molecule has 0 saturated heterocycles. The van der Waals surface area contributed by atoms with Gasteiger partial charge in [0.15, 0.2) is 0 Å². The van der Waals surface area contributed by atoms with Gasteiger partial charge in [0.2, 0.25) is 0 Å². The maximum Gasteiger partial charge on any atom is 0.0485 e. The molecule has 0 unspecified atom stereocenters. The van der Waals surface area contributed by atoms with Crippen molar-refractivity contribution in [2.24, 2.45) is 0 Å². The highest BCUT2D eigenvalue weighted by molar-refractivity contribution is 7.27. The van der Waals surface area contributed by atoms with Gasteiger partial charge in [-0.25, -0.2) is 0 Å². The molecule has 29 heavy (non-hydrogen) atoms. The summed E-state index contributed by atoms with van der Waals surface area (Å²) in [4.78, 5) is 1.72. The summed E-state index contributed by atoms with van der Waals surface area (Å²) in [6.07, 6.45) is 21.9. The average Bonchev–Trinajstić information content (AvgIpc) is 3.32. The Morgan fingerprint density at radius 1 is 0.690 bits per heavy atom. The summed E-state index contributed by atoms with van der Waals surface area (Å²) in [7, 11) is 0. The fourth-order valence-corrected chi connectivity index (χ4v) is 7.41. The molecule has 0 saturated carbocycles. The first-order chi connectivity index (χ1) is 14.2. The van der Waals surface area contributed by atoms with Crippen LogP contribution in [0.3, 0.4) is 0 Å². The quantitative estimate of drug-likeness (QED) is 0.217. The van der Waals surface area contributed by atoms with Crippen LogP contribution < -0.4 is 0 Å². The average molecular weight is 435 g/mol. The topological polar surface area (TPSA) is 0 Å². The third-order valence-corrected chi connectivity index (χ3v) is 9.23. The summed E-state index contributed by atoms with van der Waals surface area (Å²) < 4.78 is 3.20. The van der Waals surface area contributed by atoms with Crippen molar-refractivity contribution in [3.8, 4) is 0 Å². The Bertz CT molecular complexity index is 641. The van der Waals surface area contributed by atoms with Crippen molar-refractivity contribution in [1.82, 2.24) is 0 Å². The Balaban J connectivity index is 2.15. The molecule has 2 heterocycles. The van der Waals surface area contributed by atoms with Crippen LogP contribution in [0.4, 0.5) is 0 Å². The highest BCUT2D eigenvalue weighted by Gasteiger charge is 2.32. The Morgan fingerprint density at radius 2 is 1.24 bits per heavy atom. The van der Waals surface area contributed by atoms with E-state index in [-0.39, 0.29) is 0 Å². The molecule has 0 aliphatic rings. The molecule has 0 aromatic carbocycles. The second-order valence-electron chi connectivity index (χ2n) is 9.17.